The third-order valence-corrected chi connectivity index (χ3v) is 4.43. The highest BCUT2D eigenvalue weighted by Crippen LogP contribution is 2.34. The summed E-state index contributed by atoms with van der Waals surface area (Å²) in [5.41, 5.74) is 0. The van der Waals surface area contributed by atoms with Crippen molar-refractivity contribution in [3.05, 3.63) is 0 Å². The molecule has 16 heavy (non-hydrogen) atoms. The minimum Gasteiger partial charge on any atom is -0.314 e. The van der Waals surface area contributed by atoms with Crippen molar-refractivity contribution in [2.45, 2.75) is 71.0 Å². The molecule has 1 saturated heterocycles. The van der Waals surface area contributed by atoms with Crippen LogP contribution in [0, 0.1) is 5.92 Å². The molecule has 0 aromatic rings. The van der Waals surface area contributed by atoms with Gasteiger partial charge in [0.15, 0.2) is 0 Å². The van der Waals surface area contributed by atoms with Crippen molar-refractivity contribution in [2.75, 3.05) is 13.1 Å². The number of nitrogens with one attached hydrogen (secondary N) is 1. The van der Waals surface area contributed by atoms with Crippen LogP contribution >= 0.6 is 0 Å². The maximum absolute atomic E-state index is 3.68. The van der Waals surface area contributed by atoms with Gasteiger partial charge in [0.1, 0.15) is 0 Å². The zero-order chi connectivity index (χ0) is 11.5. The summed E-state index contributed by atoms with van der Waals surface area (Å²) in [6.45, 7) is 9.57. The maximum Gasteiger partial charge on any atom is 0.0103 e. The summed E-state index contributed by atoms with van der Waals surface area (Å²) in [5, 5.41) is 3.68. The molecule has 1 aliphatic heterocycles. The second kappa shape index (κ2) is 5.50. The lowest BCUT2D eigenvalue weighted by Gasteiger charge is -2.48. The van der Waals surface area contributed by atoms with Gasteiger partial charge in [0.25, 0.3) is 0 Å². The average Bonchev–Trinajstić information content (AvgIpc) is 2.23. The number of likely N-dealkylation sites (tertiary alicyclic amines) is 1. The van der Waals surface area contributed by atoms with Crippen LogP contribution in [0.5, 0.6) is 0 Å². The minimum atomic E-state index is 0.781. The van der Waals surface area contributed by atoms with Crippen molar-refractivity contribution in [3.63, 3.8) is 0 Å². The van der Waals surface area contributed by atoms with E-state index in [0.717, 1.165) is 24.0 Å². The first kappa shape index (κ1) is 12.4. The molecule has 0 amide bonds. The number of rotatable bonds is 4. The van der Waals surface area contributed by atoms with Crippen LogP contribution in [0.1, 0.15) is 52.9 Å². The van der Waals surface area contributed by atoms with Crippen molar-refractivity contribution in [1.82, 2.24) is 10.2 Å². The van der Waals surface area contributed by atoms with Crippen molar-refractivity contribution in [1.29, 1.82) is 0 Å². The predicted molar refractivity (Wildman–Crippen MR) is 69.7 cm³/mol. The van der Waals surface area contributed by atoms with Crippen molar-refractivity contribution < 1.29 is 0 Å². The molecule has 2 atom stereocenters. The molecule has 1 N–H and O–H groups in total. The van der Waals surface area contributed by atoms with Crippen LogP contribution in [0.3, 0.4) is 0 Å². The lowest BCUT2D eigenvalue weighted by Crippen LogP contribution is -2.54. The predicted octanol–water partition coefficient (Wildman–Crippen LogP) is 2.64. The Morgan fingerprint density at radius 3 is 2.50 bits per heavy atom. The standard InChI is InChI=1S/C14H28N2/c1-4-6-15-13-5-7-16(12(3)10-13)14-8-11(2)9-14/h11-15H,4-10H2,1-3H3. The van der Waals surface area contributed by atoms with Crippen molar-refractivity contribution in [2.24, 2.45) is 5.92 Å². The molecule has 2 aliphatic rings. The zero-order valence-corrected chi connectivity index (χ0v) is 11.2. The second-order valence-electron chi connectivity index (χ2n) is 5.99. The summed E-state index contributed by atoms with van der Waals surface area (Å²) >= 11 is 0. The van der Waals surface area contributed by atoms with Gasteiger partial charge in [-0.25, -0.2) is 0 Å². The smallest absolute Gasteiger partial charge is 0.0103 e. The quantitative estimate of drug-likeness (QED) is 0.790. The van der Waals surface area contributed by atoms with Crippen LogP contribution in [0.2, 0.25) is 0 Å². The van der Waals surface area contributed by atoms with Crippen LogP contribution < -0.4 is 5.32 Å². The average molecular weight is 224 g/mol. The fourth-order valence-electron chi connectivity index (χ4n) is 3.40. The van der Waals surface area contributed by atoms with E-state index in [9.17, 15) is 0 Å². The summed E-state index contributed by atoms with van der Waals surface area (Å²) < 4.78 is 0. The molecule has 94 valence electrons. The Hall–Kier alpha value is -0.0800. The molecule has 1 heterocycles. The molecule has 1 aliphatic carbocycles. The molecule has 0 spiro atoms. The maximum atomic E-state index is 3.68. The SMILES string of the molecule is CCCNC1CCN(C2CC(C)C2)C(C)C1. The second-order valence-corrected chi connectivity index (χ2v) is 5.99. The largest absolute Gasteiger partial charge is 0.314 e. The van der Waals surface area contributed by atoms with Crippen LogP contribution in [-0.2, 0) is 0 Å². The number of piperidine rings is 1. The molecule has 1 saturated carbocycles. The molecule has 0 radical (unpaired) electrons. The van der Waals surface area contributed by atoms with E-state index in [2.05, 4.69) is 31.0 Å². The molecule has 0 aromatic carbocycles. The highest BCUT2D eigenvalue weighted by molar-refractivity contribution is 4.92. The third-order valence-electron chi connectivity index (χ3n) is 4.43. The van der Waals surface area contributed by atoms with E-state index in [1.54, 1.807) is 0 Å². The number of hydrogen-bond acceptors (Lipinski definition) is 2. The number of hydrogen-bond donors (Lipinski definition) is 1. The van der Waals surface area contributed by atoms with E-state index < -0.39 is 0 Å². The van der Waals surface area contributed by atoms with Gasteiger partial charge in [0.05, 0.1) is 0 Å². The van der Waals surface area contributed by atoms with Gasteiger partial charge in [-0.15, -0.1) is 0 Å². The van der Waals surface area contributed by atoms with Gasteiger partial charge in [-0.05, 0) is 51.5 Å². The van der Waals surface area contributed by atoms with Gasteiger partial charge in [-0.3, -0.25) is 4.90 Å². The molecule has 2 unspecified atom stereocenters. The normalized spacial score (nSPS) is 40.7. The Morgan fingerprint density at radius 1 is 1.19 bits per heavy atom. The van der Waals surface area contributed by atoms with Crippen molar-refractivity contribution >= 4 is 0 Å². The molecular weight excluding hydrogens is 196 g/mol. The van der Waals surface area contributed by atoms with Crippen LogP contribution in [0.15, 0.2) is 0 Å². The van der Waals surface area contributed by atoms with Gasteiger partial charge in [-0.1, -0.05) is 13.8 Å². The van der Waals surface area contributed by atoms with Crippen LogP contribution in [0.25, 0.3) is 0 Å². The molecule has 2 heteroatoms. The fraction of sp³-hybridized carbons (Fsp3) is 1.00. The topological polar surface area (TPSA) is 15.3 Å². The van der Waals surface area contributed by atoms with E-state index in [1.165, 1.54) is 45.2 Å². The van der Waals surface area contributed by atoms with E-state index in [1.807, 2.05) is 0 Å². The van der Waals surface area contributed by atoms with E-state index >= 15 is 0 Å². The molecule has 2 nitrogen and oxygen atoms in total. The summed E-state index contributed by atoms with van der Waals surface area (Å²) in [5.74, 6) is 0.980. The minimum absolute atomic E-state index is 0.781. The van der Waals surface area contributed by atoms with Crippen LogP contribution in [-0.4, -0.2) is 36.1 Å². The van der Waals surface area contributed by atoms with Gasteiger partial charge in [0, 0.05) is 24.7 Å². The summed E-state index contributed by atoms with van der Waals surface area (Å²) in [4.78, 5) is 2.77. The zero-order valence-electron chi connectivity index (χ0n) is 11.2. The lowest BCUT2D eigenvalue weighted by molar-refractivity contribution is 0.0235. The molecular formula is C14H28N2. The van der Waals surface area contributed by atoms with Gasteiger partial charge >= 0.3 is 0 Å². The summed E-state index contributed by atoms with van der Waals surface area (Å²) in [6, 6.07) is 2.49. The highest BCUT2D eigenvalue weighted by atomic mass is 15.2. The molecule has 2 fully saturated rings. The first-order valence-electron chi connectivity index (χ1n) is 7.19. The van der Waals surface area contributed by atoms with E-state index in [-0.39, 0.29) is 0 Å². The van der Waals surface area contributed by atoms with Crippen LogP contribution in [0.4, 0.5) is 0 Å². The Morgan fingerprint density at radius 2 is 1.94 bits per heavy atom. The van der Waals surface area contributed by atoms with E-state index in [0.29, 0.717) is 0 Å². The van der Waals surface area contributed by atoms with Crippen molar-refractivity contribution in [3.8, 4) is 0 Å². The first-order chi connectivity index (χ1) is 7.70. The summed E-state index contributed by atoms with van der Waals surface area (Å²) in [6.07, 6.45) is 6.85. The van der Waals surface area contributed by atoms with Gasteiger partial charge in [0.2, 0.25) is 0 Å². The fourth-order valence-corrected chi connectivity index (χ4v) is 3.40. The number of nitrogens with zero attached hydrogens (tertiary/aromatic N) is 1. The Kier molecular flexibility index (Phi) is 4.26. The lowest BCUT2D eigenvalue weighted by atomic mass is 9.79. The van der Waals surface area contributed by atoms with Gasteiger partial charge in [-0.2, -0.15) is 0 Å². The molecule has 2 rings (SSSR count). The Labute approximate surface area is 101 Å². The third kappa shape index (κ3) is 2.78. The molecule has 0 bridgehead atoms. The molecule has 0 aromatic heterocycles. The summed E-state index contributed by atoms with van der Waals surface area (Å²) in [7, 11) is 0. The van der Waals surface area contributed by atoms with Gasteiger partial charge < -0.3 is 5.32 Å². The monoisotopic (exact) mass is 224 g/mol. The van der Waals surface area contributed by atoms with E-state index in [4.69, 9.17) is 0 Å². The Balaban J connectivity index is 1.74. The Bertz CT molecular complexity index is 211. The highest BCUT2D eigenvalue weighted by Gasteiger charge is 2.35. The first-order valence-corrected chi connectivity index (χ1v) is 7.19.